The van der Waals surface area contributed by atoms with Crippen LogP contribution in [0.15, 0.2) is 41.6 Å². The zero-order valence-electron chi connectivity index (χ0n) is 10.3. The molecule has 1 heterocycles. The van der Waals surface area contributed by atoms with Gasteiger partial charge < -0.3 is 0 Å². The van der Waals surface area contributed by atoms with Gasteiger partial charge in [0.25, 0.3) is 0 Å². The second-order valence-electron chi connectivity index (χ2n) is 3.94. The molecule has 0 unspecified atom stereocenters. The molecule has 0 aliphatic heterocycles. The topological polar surface area (TPSA) is 37.3 Å². The summed E-state index contributed by atoms with van der Waals surface area (Å²) in [6.07, 6.45) is -2.33. The predicted octanol–water partition coefficient (Wildman–Crippen LogP) is 4.85. The normalized spacial score (nSPS) is 11.9. The van der Waals surface area contributed by atoms with E-state index in [0.29, 0.717) is 15.6 Å². The summed E-state index contributed by atoms with van der Waals surface area (Å²) in [5, 5.41) is 4.66. The Labute approximate surface area is 128 Å². The molecule has 2 aromatic rings. The van der Waals surface area contributed by atoms with E-state index < -0.39 is 11.7 Å². The molecule has 110 valence electrons. The van der Waals surface area contributed by atoms with Crippen LogP contribution in [-0.2, 0) is 6.18 Å². The summed E-state index contributed by atoms with van der Waals surface area (Å²) in [7, 11) is 0. The first-order valence-corrected chi connectivity index (χ1v) is 6.40. The van der Waals surface area contributed by atoms with Gasteiger partial charge in [0, 0.05) is 11.8 Å². The van der Waals surface area contributed by atoms with E-state index in [2.05, 4.69) is 15.5 Å². The van der Waals surface area contributed by atoms with Crippen molar-refractivity contribution in [3.8, 4) is 0 Å². The molecule has 0 amide bonds. The van der Waals surface area contributed by atoms with E-state index in [9.17, 15) is 13.2 Å². The van der Waals surface area contributed by atoms with E-state index in [1.54, 1.807) is 18.2 Å². The Morgan fingerprint density at radius 3 is 2.29 bits per heavy atom. The number of anilines is 1. The van der Waals surface area contributed by atoms with Gasteiger partial charge in [-0.05, 0) is 24.3 Å². The molecular formula is C13H8Cl2F3N3. The average Bonchev–Trinajstić information content (AvgIpc) is 2.42. The SMILES string of the molecule is FC(F)(F)c1ccc(NN=Cc2c(Cl)cccc2Cl)nc1. The molecule has 0 bridgehead atoms. The maximum atomic E-state index is 12.4. The zero-order valence-corrected chi connectivity index (χ0v) is 11.8. The fourth-order valence-corrected chi connectivity index (χ4v) is 1.92. The lowest BCUT2D eigenvalue weighted by atomic mass is 10.2. The van der Waals surface area contributed by atoms with Gasteiger partial charge in [0.05, 0.1) is 21.8 Å². The van der Waals surface area contributed by atoms with Crippen molar-refractivity contribution in [3.63, 3.8) is 0 Å². The number of hydrazone groups is 1. The Kier molecular flexibility index (Phi) is 4.69. The molecule has 0 aliphatic carbocycles. The number of hydrogen-bond donors (Lipinski definition) is 1. The van der Waals surface area contributed by atoms with Crippen LogP contribution in [0.4, 0.5) is 19.0 Å². The molecule has 0 aliphatic rings. The molecule has 0 radical (unpaired) electrons. The van der Waals surface area contributed by atoms with Crippen LogP contribution in [0.25, 0.3) is 0 Å². The molecule has 1 N–H and O–H groups in total. The summed E-state index contributed by atoms with van der Waals surface area (Å²) >= 11 is 11.9. The standard InChI is InChI=1S/C13H8Cl2F3N3/c14-10-2-1-3-11(15)9(10)7-20-21-12-5-4-8(6-19-12)13(16,17)18/h1-7H,(H,19,21). The van der Waals surface area contributed by atoms with Crippen LogP contribution >= 0.6 is 23.2 Å². The molecule has 2 rings (SSSR count). The van der Waals surface area contributed by atoms with Crippen LogP contribution in [-0.4, -0.2) is 11.2 Å². The number of benzene rings is 1. The van der Waals surface area contributed by atoms with Gasteiger partial charge in [0.2, 0.25) is 0 Å². The van der Waals surface area contributed by atoms with Crippen molar-refractivity contribution in [3.05, 3.63) is 57.7 Å². The first-order chi connectivity index (χ1) is 9.88. The van der Waals surface area contributed by atoms with E-state index in [-0.39, 0.29) is 5.82 Å². The molecule has 0 spiro atoms. The first kappa shape index (κ1) is 15.6. The summed E-state index contributed by atoms with van der Waals surface area (Å²) < 4.78 is 37.1. The molecule has 0 atom stereocenters. The van der Waals surface area contributed by atoms with E-state index in [4.69, 9.17) is 23.2 Å². The highest BCUT2D eigenvalue weighted by Gasteiger charge is 2.30. The van der Waals surface area contributed by atoms with E-state index in [1.165, 1.54) is 12.3 Å². The van der Waals surface area contributed by atoms with Crippen LogP contribution < -0.4 is 5.43 Å². The monoisotopic (exact) mass is 333 g/mol. The summed E-state index contributed by atoms with van der Waals surface area (Å²) in [4.78, 5) is 3.61. The van der Waals surface area contributed by atoms with Crippen molar-refractivity contribution in [1.29, 1.82) is 0 Å². The molecule has 1 aromatic heterocycles. The van der Waals surface area contributed by atoms with Crippen LogP contribution in [0.2, 0.25) is 10.0 Å². The van der Waals surface area contributed by atoms with Gasteiger partial charge in [-0.1, -0.05) is 29.3 Å². The Balaban J connectivity index is 2.08. The third-order valence-electron chi connectivity index (χ3n) is 2.46. The predicted molar refractivity (Wildman–Crippen MR) is 76.9 cm³/mol. The minimum absolute atomic E-state index is 0.169. The number of rotatable bonds is 3. The number of aromatic nitrogens is 1. The molecule has 1 aromatic carbocycles. The lowest BCUT2D eigenvalue weighted by molar-refractivity contribution is -0.137. The van der Waals surface area contributed by atoms with Crippen LogP contribution in [0.1, 0.15) is 11.1 Å². The van der Waals surface area contributed by atoms with Gasteiger partial charge in [-0.25, -0.2) is 4.98 Å². The van der Waals surface area contributed by atoms with Gasteiger partial charge in [0.15, 0.2) is 0 Å². The van der Waals surface area contributed by atoms with Crippen LogP contribution in [0, 0.1) is 0 Å². The molecule has 3 nitrogen and oxygen atoms in total. The second-order valence-corrected chi connectivity index (χ2v) is 4.75. The highest BCUT2D eigenvalue weighted by Crippen LogP contribution is 2.28. The van der Waals surface area contributed by atoms with Crippen LogP contribution in [0.3, 0.4) is 0 Å². The first-order valence-electron chi connectivity index (χ1n) is 5.64. The molecule has 21 heavy (non-hydrogen) atoms. The number of hydrogen-bond acceptors (Lipinski definition) is 3. The number of nitrogens with one attached hydrogen (secondary N) is 1. The van der Waals surface area contributed by atoms with Crippen molar-refractivity contribution in [2.45, 2.75) is 6.18 Å². The number of alkyl halides is 3. The number of pyridine rings is 1. The van der Waals surface area contributed by atoms with E-state index >= 15 is 0 Å². The number of nitrogens with zero attached hydrogens (tertiary/aromatic N) is 2. The number of halogens is 5. The maximum Gasteiger partial charge on any atom is 0.417 e. The lowest BCUT2D eigenvalue weighted by Crippen LogP contribution is -2.05. The highest BCUT2D eigenvalue weighted by atomic mass is 35.5. The zero-order chi connectivity index (χ0) is 15.5. The van der Waals surface area contributed by atoms with Crippen molar-refractivity contribution in [1.82, 2.24) is 4.98 Å². The quantitative estimate of drug-likeness (QED) is 0.643. The molecule has 8 heteroatoms. The van der Waals surface area contributed by atoms with Gasteiger partial charge in [-0.15, -0.1) is 0 Å². The second kappa shape index (κ2) is 6.32. The van der Waals surface area contributed by atoms with Gasteiger partial charge in [-0.2, -0.15) is 18.3 Å². The van der Waals surface area contributed by atoms with Crippen molar-refractivity contribution < 1.29 is 13.2 Å². The lowest BCUT2D eigenvalue weighted by Gasteiger charge is -2.06. The largest absolute Gasteiger partial charge is 0.417 e. The molecule has 0 saturated heterocycles. The van der Waals surface area contributed by atoms with Crippen molar-refractivity contribution in [2.75, 3.05) is 5.43 Å². The third kappa shape index (κ3) is 4.09. The molecule has 0 fully saturated rings. The van der Waals surface area contributed by atoms with Gasteiger partial charge in [0.1, 0.15) is 5.82 Å². The minimum atomic E-state index is -4.42. The Morgan fingerprint density at radius 2 is 1.76 bits per heavy atom. The summed E-state index contributed by atoms with van der Waals surface area (Å²) in [5.74, 6) is 0.169. The van der Waals surface area contributed by atoms with E-state index in [0.717, 1.165) is 12.3 Å². The summed E-state index contributed by atoms with van der Waals surface area (Å²) in [6, 6.07) is 7.06. The summed E-state index contributed by atoms with van der Waals surface area (Å²) in [6.45, 7) is 0. The Hall–Kier alpha value is -1.79. The van der Waals surface area contributed by atoms with Crippen molar-refractivity contribution in [2.24, 2.45) is 5.10 Å². The van der Waals surface area contributed by atoms with Crippen molar-refractivity contribution >= 4 is 35.2 Å². The Bertz CT molecular complexity index is 634. The van der Waals surface area contributed by atoms with Crippen LogP contribution in [0.5, 0.6) is 0 Å². The van der Waals surface area contributed by atoms with Gasteiger partial charge in [-0.3, -0.25) is 5.43 Å². The van der Waals surface area contributed by atoms with Gasteiger partial charge >= 0.3 is 6.18 Å². The summed E-state index contributed by atoms with van der Waals surface area (Å²) in [5.41, 5.74) is 2.17. The molecule has 0 saturated carbocycles. The maximum absolute atomic E-state index is 12.4. The fraction of sp³-hybridized carbons (Fsp3) is 0.0769. The van der Waals surface area contributed by atoms with E-state index in [1.807, 2.05) is 0 Å². The smallest absolute Gasteiger partial charge is 0.261 e. The molecular weight excluding hydrogens is 326 g/mol. The fourth-order valence-electron chi connectivity index (χ4n) is 1.42. The highest BCUT2D eigenvalue weighted by molar-refractivity contribution is 6.38. The third-order valence-corrected chi connectivity index (χ3v) is 3.12. The minimum Gasteiger partial charge on any atom is -0.261 e. The Morgan fingerprint density at radius 1 is 1.10 bits per heavy atom. The average molecular weight is 334 g/mol.